The lowest BCUT2D eigenvalue weighted by Crippen LogP contribution is -2.29. The molecule has 2 N–H and O–H groups in total. The van der Waals surface area contributed by atoms with E-state index in [2.05, 4.69) is 20.2 Å². The van der Waals surface area contributed by atoms with Gasteiger partial charge in [0, 0.05) is 36.2 Å². The van der Waals surface area contributed by atoms with Gasteiger partial charge in [-0.25, -0.2) is 4.98 Å². The number of nitrogens with one attached hydrogen (secondary N) is 2. The molecule has 5 heteroatoms. The number of benzene rings is 1. The number of rotatable bonds is 5. The Labute approximate surface area is 137 Å². The Bertz CT molecular complexity index is 656. The van der Waals surface area contributed by atoms with Crippen LogP contribution in [-0.4, -0.2) is 29.0 Å². The summed E-state index contributed by atoms with van der Waals surface area (Å²) in [5, 5.41) is 3.06. The summed E-state index contributed by atoms with van der Waals surface area (Å²) < 4.78 is 0. The zero-order chi connectivity index (χ0) is 16.2. The number of aryl methyl sites for hydroxylation is 1. The van der Waals surface area contributed by atoms with Crippen LogP contribution in [0.5, 0.6) is 0 Å². The molecule has 1 saturated heterocycles. The summed E-state index contributed by atoms with van der Waals surface area (Å²) >= 11 is 0. The van der Waals surface area contributed by atoms with Gasteiger partial charge in [-0.2, -0.15) is 0 Å². The molecule has 23 heavy (non-hydrogen) atoms. The molecule has 5 nitrogen and oxygen atoms in total. The molecule has 1 aromatic carbocycles. The zero-order valence-corrected chi connectivity index (χ0v) is 13.8. The normalized spacial score (nSPS) is 15.7. The van der Waals surface area contributed by atoms with Crippen LogP contribution in [0.1, 0.15) is 54.1 Å². The summed E-state index contributed by atoms with van der Waals surface area (Å²) in [6.45, 7) is 6.23. The molecule has 1 amide bonds. The van der Waals surface area contributed by atoms with Crippen molar-refractivity contribution in [2.75, 3.05) is 18.0 Å². The molecule has 122 valence electrons. The minimum Gasteiger partial charge on any atom is -0.372 e. The molecule has 2 aromatic rings. The molecule has 1 fully saturated rings. The van der Waals surface area contributed by atoms with Crippen LogP contribution in [0.2, 0.25) is 0 Å². The minimum absolute atomic E-state index is 0.0566. The molecule has 2 heterocycles. The highest BCUT2D eigenvalue weighted by Crippen LogP contribution is 2.21. The van der Waals surface area contributed by atoms with Crippen molar-refractivity contribution in [2.45, 2.75) is 39.2 Å². The maximum atomic E-state index is 12.5. The van der Waals surface area contributed by atoms with Gasteiger partial charge in [0.15, 0.2) is 0 Å². The van der Waals surface area contributed by atoms with E-state index in [1.807, 2.05) is 38.1 Å². The number of aromatic amines is 1. The zero-order valence-electron chi connectivity index (χ0n) is 13.8. The van der Waals surface area contributed by atoms with Gasteiger partial charge in [-0.05, 0) is 50.5 Å². The highest BCUT2D eigenvalue weighted by molar-refractivity contribution is 5.94. The monoisotopic (exact) mass is 312 g/mol. The number of H-pyrrole nitrogens is 1. The van der Waals surface area contributed by atoms with Crippen molar-refractivity contribution < 1.29 is 4.79 Å². The number of imidazole rings is 1. The van der Waals surface area contributed by atoms with Gasteiger partial charge in [-0.3, -0.25) is 4.79 Å². The van der Waals surface area contributed by atoms with E-state index < -0.39 is 0 Å². The Morgan fingerprint density at radius 3 is 2.57 bits per heavy atom. The number of nitrogens with zero attached hydrogens (tertiary/aromatic N) is 2. The number of carbonyl (C=O) groups is 1. The van der Waals surface area contributed by atoms with E-state index in [1.54, 1.807) is 6.20 Å². The van der Waals surface area contributed by atoms with E-state index in [0.29, 0.717) is 5.56 Å². The lowest BCUT2D eigenvalue weighted by atomic mass is 10.1. The first-order valence-corrected chi connectivity index (χ1v) is 8.34. The van der Waals surface area contributed by atoms with Gasteiger partial charge in [0.1, 0.15) is 5.82 Å². The number of aromatic nitrogens is 2. The Balaban J connectivity index is 1.67. The molecule has 1 aromatic heterocycles. The summed E-state index contributed by atoms with van der Waals surface area (Å²) in [5.74, 6) is 0.755. The second-order valence-corrected chi connectivity index (χ2v) is 6.13. The number of carbonyl (C=O) groups excluding carboxylic acids is 1. The number of hydrogen-bond donors (Lipinski definition) is 2. The first-order valence-electron chi connectivity index (χ1n) is 8.34. The number of amides is 1. The van der Waals surface area contributed by atoms with Crippen molar-refractivity contribution in [3.8, 4) is 0 Å². The molecule has 0 aliphatic carbocycles. The van der Waals surface area contributed by atoms with E-state index in [0.717, 1.165) is 31.0 Å². The fourth-order valence-corrected chi connectivity index (χ4v) is 3.01. The smallest absolute Gasteiger partial charge is 0.251 e. The Hall–Kier alpha value is -2.30. The Kier molecular flexibility index (Phi) is 4.65. The molecule has 0 spiro atoms. The third-order valence-electron chi connectivity index (χ3n) is 4.37. The quantitative estimate of drug-likeness (QED) is 0.891. The van der Waals surface area contributed by atoms with E-state index in [4.69, 9.17) is 0 Å². The highest BCUT2D eigenvalue weighted by atomic mass is 16.1. The fourth-order valence-electron chi connectivity index (χ4n) is 3.01. The van der Waals surface area contributed by atoms with Gasteiger partial charge < -0.3 is 15.2 Å². The topological polar surface area (TPSA) is 61.0 Å². The van der Waals surface area contributed by atoms with Gasteiger partial charge in [0.25, 0.3) is 5.91 Å². The van der Waals surface area contributed by atoms with Crippen LogP contribution in [-0.2, 0) is 0 Å². The van der Waals surface area contributed by atoms with E-state index >= 15 is 0 Å². The molecular weight excluding hydrogens is 288 g/mol. The molecule has 0 saturated carbocycles. The fraction of sp³-hybridized carbons (Fsp3) is 0.444. The van der Waals surface area contributed by atoms with Gasteiger partial charge in [0.2, 0.25) is 0 Å². The lowest BCUT2D eigenvalue weighted by Gasteiger charge is -2.18. The maximum Gasteiger partial charge on any atom is 0.251 e. The SMILES string of the molecule is CC[C@@H](NC(=O)c1ccc(N2CCCC2)cc1)c1ncc(C)[nH]1. The largest absolute Gasteiger partial charge is 0.372 e. The first-order chi connectivity index (χ1) is 11.2. The van der Waals surface area contributed by atoms with E-state index in [-0.39, 0.29) is 11.9 Å². The highest BCUT2D eigenvalue weighted by Gasteiger charge is 2.17. The summed E-state index contributed by atoms with van der Waals surface area (Å²) in [5.41, 5.74) is 2.89. The molecular formula is C18H24N4O. The van der Waals surface area contributed by atoms with Gasteiger partial charge >= 0.3 is 0 Å². The van der Waals surface area contributed by atoms with Crippen LogP contribution in [0, 0.1) is 6.92 Å². The first kappa shape index (κ1) is 15.6. The predicted molar refractivity (Wildman–Crippen MR) is 91.7 cm³/mol. The minimum atomic E-state index is -0.0885. The summed E-state index contributed by atoms with van der Waals surface area (Å²) in [6, 6.07) is 7.80. The molecule has 1 aliphatic heterocycles. The lowest BCUT2D eigenvalue weighted by molar-refractivity contribution is 0.0934. The third kappa shape index (κ3) is 3.55. The number of anilines is 1. The molecule has 1 atom stereocenters. The van der Waals surface area contributed by atoms with Crippen molar-refractivity contribution in [1.29, 1.82) is 0 Å². The molecule has 1 aliphatic rings. The van der Waals surface area contributed by atoms with Gasteiger partial charge in [-0.15, -0.1) is 0 Å². The predicted octanol–water partition coefficient (Wildman–Crippen LogP) is 3.20. The third-order valence-corrected chi connectivity index (χ3v) is 4.37. The van der Waals surface area contributed by atoms with Crippen LogP contribution in [0.25, 0.3) is 0 Å². The van der Waals surface area contributed by atoms with Crippen LogP contribution in [0.4, 0.5) is 5.69 Å². The summed E-state index contributed by atoms with van der Waals surface area (Å²) in [6.07, 6.45) is 5.09. The second kappa shape index (κ2) is 6.86. The number of hydrogen-bond acceptors (Lipinski definition) is 3. The van der Waals surface area contributed by atoms with Crippen molar-refractivity contribution in [1.82, 2.24) is 15.3 Å². The Morgan fingerprint density at radius 2 is 2.00 bits per heavy atom. The average molecular weight is 312 g/mol. The van der Waals surface area contributed by atoms with Crippen molar-refractivity contribution in [3.63, 3.8) is 0 Å². The van der Waals surface area contributed by atoms with E-state index in [1.165, 1.54) is 18.5 Å². The second-order valence-electron chi connectivity index (χ2n) is 6.13. The Morgan fingerprint density at radius 1 is 1.30 bits per heavy atom. The summed E-state index contributed by atoms with van der Waals surface area (Å²) in [4.78, 5) is 22.3. The molecule has 3 rings (SSSR count). The van der Waals surface area contributed by atoms with Gasteiger partial charge in [0.05, 0.1) is 6.04 Å². The molecule has 0 bridgehead atoms. The van der Waals surface area contributed by atoms with Crippen molar-refractivity contribution in [2.24, 2.45) is 0 Å². The van der Waals surface area contributed by atoms with Crippen molar-refractivity contribution in [3.05, 3.63) is 47.5 Å². The van der Waals surface area contributed by atoms with Crippen LogP contribution in [0.3, 0.4) is 0 Å². The van der Waals surface area contributed by atoms with Crippen molar-refractivity contribution >= 4 is 11.6 Å². The average Bonchev–Trinajstić information content (AvgIpc) is 3.24. The standard InChI is InChI=1S/C18H24N4O/c1-3-16(17-19-12-13(2)20-17)21-18(23)14-6-8-15(9-7-14)22-10-4-5-11-22/h6-9,12,16H,3-5,10-11H2,1-2H3,(H,19,20)(H,21,23)/t16-/m1/s1. The molecule has 0 unspecified atom stereocenters. The van der Waals surface area contributed by atoms with Crippen LogP contribution < -0.4 is 10.2 Å². The van der Waals surface area contributed by atoms with Crippen LogP contribution in [0.15, 0.2) is 30.5 Å². The van der Waals surface area contributed by atoms with Crippen LogP contribution >= 0.6 is 0 Å². The van der Waals surface area contributed by atoms with E-state index in [9.17, 15) is 4.79 Å². The summed E-state index contributed by atoms with van der Waals surface area (Å²) in [7, 11) is 0. The van der Waals surface area contributed by atoms with Gasteiger partial charge in [-0.1, -0.05) is 6.92 Å². The molecule has 0 radical (unpaired) electrons. The maximum absolute atomic E-state index is 12.5.